The van der Waals surface area contributed by atoms with Crippen LogP contribution >= 0.6 is 0 Å². The molecule has 3 aromatic rings. The number of nitro benzene ring substituents is 1. The van der Waals surface area contributed by atoms with Gasteiger partial charge in [-0.1, -0.05) is 13.0 Å². The first-order chi connectivity index (χ1) is 15.0. The molecule has 0 bridgehead atoms. The number of pyridine rings is 1. The fraction of sp³-hybridized carbons (Fsp3) is 0.0909. The van der Waals surface area contributed by atoms with Crippen LogP contribution < -0.4 is 10.2 Å². The standard InChI is InChI=1S/C22H18N4O5/c1-2-15-5-12-20(23-13-15)21(27)25-24-14-16-3-10-19(11-4-16)31-22(28)17-6-8-18(9-7-17)26(29)30/h3-14H,2H2,1H3,(H,25,27)/b24-14-. The van der Waals surface area contributed by atoms with E-state index in [1.807, 2.05) is 13.0 Å². The highest BCUT2D eigenvalue weighted by Crippen LogP contribution is 2.16. The minimum atomic E-state index is -0.634. The van der Waals surface area contributed by atoms with E-state index in [0.29, 0.717) is 11.3 Å². The number of hydrogen-bond acceptors (Lipinski definition) is 7. The Kier molecular flexibility index (Phi) is 6.79. The van der Waals surface area contributed by atoms with Crippen LogP contribution in [0, 0.1) is 10.1 Å². The highest BCUT2D eigenvalue weighted by molar-refractivity contribution is 5.93. The van der Waals surface area contributed by atoms with Crippen LogP contribution in [0.5, 0.6) is 5.75 Å². The Morgan fingerprint density at radius 3 is 2.39 bits per heavy atom. The number of carbonyl (C=O) groups is 2. The lowest BCUT2D eigenvalue weighted by atomic mass is 10.2. The number of carbonyl (C=O) groups excluding carboxylic acids is 2. The predicted octanol–water partition coefficient (Wildman–Crippen LogP) is 3.54. The first-order valence-corrected chi connectivity index (χ1v) is 9.31. The quantitative estimate of drug-likeness (QED) is 0.206. The molecule has 9 nitrogen and oxygen atoms in total. The smallest absolute Gasteiger partial charge is 0.343 e. The normalized spacial score (nSPS) is 10.6. The molecule has 0 saturated heterocycles. The highest BCUT2D eigenvalue weighted by atomic mass is 16.6. The lowest BCUT2D eigenvalue weighted by molar-refractivity contribution is -0.384. The number of aryl methyl sites for hydroxylation is 1. The van der Waals surface area contributed by atoms with E-state index in [4.69, 9.17) is 4.74 Å². The summed E-state index contributed by atoms with van der Waals surface area (Å²) < 4.78 is 5.24. The maximum atomic E-state index is 12.1. The van der Waals surface area contributed by atoms with Crippen LogP contribution in [0.4, 0.5) is 5.69 Å². The number of hydrogen-bond donors (Lipinski definition) is 1. The summed E-state index contributed by atoms with van der Waals surface area (Å²) in [7, 11) is 0. The summed E-state index contributed by atoms with van der Waals surface area (Å²) in [5, 5.41) is 14.6. The molecule has 0 unspecified atom stereocenters. The lowest BCUT2D eigenvalue weighted by Gasteiger charge is -2.04. The molecule has 0 spiro atoms. The average Bonchev–Trinajstić information content (AvgIpc) is 2.80. The zero-order valence-electron chi connectivity index (χ0n) is 16.5. The first-order valence-electron chi connectivity index (χ1n) is 9.31. The zero-order chi connectivity index (χ0) is 22.2. The van der Waals surface area contributed by atoms with Gasteiger partial charge >= 0.3 is 5.97 Å². The lowest BCUT2D eigenvalue weighted by Crippen LogP contribution is -2.18. The molecular formula is C22H18N4O5. The Bertz CT molecular complexity index is 1110. The SMILES string of the molecule is CCc1ccc(C(=O)N/N=C\c2ccc(OC(=O)c3ccc([N+](=O)[O-])cc3)cc2)nc1. The number of hydrazone groups is 1. The number of ether oxygens (including phenoxy) is 1. The van der Waals surface area contributed by atoms with Gasteiger partial charge in [0.25, 0.3) is 11.6 Å². The van der Waals surface area contributed by atoms with Gasteiger partial charge in [-0.15, -0.1) is 0 Å². The third-order valence-corrected chi connectivity index (χ3v) is 4.25. The summed E-state index contributed by atoms with van der Waals surface area (Å²) >= 11 is 0. The zero-order valence-corrected chi connectivity index (χ0v) is 16.5. The minimum Gasteiger partial charge on any atom is -0.423 e. The van der Waals surface area contributed by atoms with Crippen molar-refractivity contribution in [3.05, 3.63) is 99.4 Å². The number of aromatic nitrogens is 1. The van der Waals surface area contributed by atoms with E-state index in [9.17, 15) is 19.7 Å². The van der Waals surface area contributed by atoms with Gasteiger partial charge in [-0.05, 0) is 60.0 Å². The number of benzene rings is 2. The Morgan fingerprint density at radius 2 is 1.81 bits per heavy atom. The van der Waals surface area contributed by atoms with Crippen molar-refractivity contribution in [2.45, 2.75) is 13.3 Å². The number of rotatable bonds is 7. The minimum absolute atomic E-state index is 0.110. The second-order valence-corrected chi connectivity index (χ2v) is 6.37. The monoisotopic (exact) mass is 418 g/mol. The van der Waals surface area contributed by atoms with E-state index in [2.05, 4.69) is 15.5 Å². The molecule has 1 aromatic heterocycles. The molecule has 3 rings (SSSR count). The van der Waals surface area contributed by atoms with Gasteiger partial charge in [-0.25, -0.2) is 10.2 Å². The molecule has 2 aromatic carbocycles. The van der Waals surface area contributed by atoms with Crippen LogP contribution in [0.3, 0.4) is 0 Å². The van der Waals surface area contributed by atoms with Crippen molar-refractivity contribution in [1.82, 2.24) is 10.4 Å². The highest BCUT2D eigenvalue weighted by Gasteiger charge is 2.11. The van der Waals surface area contributed by atoms with Gasteiger partial charge in [0.05, 0.1) is 16.7 Å². The molecule has 0 aliphatic heterocycles. The Labute approximate surface area is 177 Å². The van der Waals surface area contributed by atoms with Crippen LogP contribution in [0.15, 0.2) is 72.0 Å². The fourth-order valence-corrected chi connectivity index (χ4v) is 2.50. The van der Waals surface area contributed by atoms with E-state index >= 15 is 0 Å². The number of nitro groups is 1. The van der Waals surface area contributed by atoms with Crippen LogP contribution in [0.2, 0.25) is 0 Å². The number of non-ortho nitro benzene ring substituents is 1. The van der Waals surface area contributed by atoms with E-state index in [0.717, 1.165) is 12.0 Å². The third kappa shape index (κ3) is 5.80. The molecule has 0 saturated carbocycles. The van der Waals surface area contributed by atoms with Crippen molar-refractivity contribution in [3.8, 4) is 5.75 Å². The van der Waals surface area contributed by atoms with Crippen LogP contribution in [0.25, 0.3) is 0 Å². The van der Waals surface area contributed by atoms with Crippen LogP contribution in [-0.2, 0) is 6.42 Å². The Morgan fingerprint density at radius 1 is 1.10 bits per heavy atom. The summed E-state index contributed by atoms with van der Waals surface area (Å²) in [6.45, 7) is 2.00. The number of esters is 1. The van der Waals surface area contributed by atoms with Crippen molar-refractivity contribution in [1.29, 1.82) is 0 Å². The molecule has 1 amide bonds. The third-order valence-electron chi connectivity index (χ3n) is 4.25. The van der Waals surface area contributed by atoms with Gasteiger partial charge in [0.15, 0.2) is 0 Å². The largest absolute Gasteiger partial charge is 0.423 e. The molecule has 9 heteroatoms. The molecule has 0 atom stereocenters. The number of nitrogens with zero attached hydrogens (tertiary/aromatic N) is 3. The van der Waals surface area contributed by atoms with Crippen LogP contribution in [-0.4, -0.2) is 28.0 Å². The van der Waals surface area contributed by atoms with Gasteiger partial charge in [0.2, 0.25) is 0 Å². The van der Waals surface area contributed by atoms with E-state index < -0.39 is 16.8 Å². The van der Waals surface area contributed by atoms with Crippen molar-refractivity contribution < 1.29 is 19.2 Å². The topological polar surface area (TPSA) is 124 Å². The second kappa shape index (κ2) is 9.88. The molecule has 156 valence electrons. The molecule has 1 N–H and O–H groups in total. The van der Waals surface area contributed by atoms with E-state index in [1.54, 1.807) is 36.5 Å². The van der Waals surface area contributed by atoms with Gasteiger partial charge in [-0.3, -0.25) is 19.9 Å². The Balaban J connectivity index is 1.54. The van der Waals surface area contributed by atoms with Crippen molar-refractivity contribution in [3.63, 3.8) is 0 Å². The van der Waals surface area contributed by atoms with Gasteiger partial charge < -0.3 is 4.74 Å². The van der Waals surface area contributed by atoms with Crippen molar-refractivity contribution in [2.75, 3.05) is 0 Å². The van der Waals surface area contributed by atoms with Crippen molar-refractivity contribution >= 4 is 23.8 Å². The molecule has 0 radical (unpaired) electrons. The maximum absolute atomic E-state index is 12.1. The number of nitrogens with one attached hydrogen (secondary N) is 1. The fourth-order valence-electron chi connectivity index (χ4n) is 2.50. The van der Waals surface area contributed by atoms with E-state index in [-0.39, 0.29) is 16.9 Å². The average molecular weight is 418 g/mol. The van der Waals surface area contributed by atoms with E-state index in [1.165, 1.54) is 30.5 Å². The van der Waals surface area contributed by atoms with Gasteiger partial charge in [0.1, 0.15) is 11.4 Å². The first kappa shape index (κ1) is 21.3. The summed E-state index contributed by atoms with van der Waals surface area (Å²) in [5.74, 6) is -0.762. The summed E-state index contributed by atoms with van der Waals surface area (Å²) in [6.07, 6.45) is 3.93. The van der Waals surface area contributed by atoms with Gasteiger partial charge in [-0.2, -0.15) is 5.10 Å². The summed E-state index contributed by atoms with van der Waals surface area (Å²) in [4.78, 5) is 38.4. The van der Waals surface area contributed by atoms with Gasteiger partial charge in [0, 0.05) is 18.3 Å². The molecule has 0 aliphatic rings. The Hall–Kier alpha value is -4.40. The second-order valence-electron chi connectivity index (χ2n) is 6.37. The number of amides is 1. The molecule has 1 heterocycles. The molecule has 0 aliphatic carbocycles. The summed E-state index contributed by atoms with van der Waals surface area (Å²) in [6, 6.07) is 15.0. The molecular weight excluding hydrogens is 400 g/mol. The maximum Gasteiger partial charge on any atom is 0.343 e. The van der Waals surface area contributed by atoms with Crippen molar-refractivity contribution in [2.24, 2.45) is 5.10 Å². The van der Waals surface area contributed by atoms with Crippen LogP contribution in [0.1, 0.15) is 38.9 Å². The molecule has 31 heavy (non-hydrogen) atoms. The molecule has 0 fully saturated rings. The summed E-state index contributed by atoms with van der Waals surface area (Å²) in [5.41, 5.74) is 4.46. The predicted molar refractivity (Wildman–Crippen MR) is 113 cm³/mol.